The minimum Gasteiger partial charge on any atom is -0.481 e. The van der Waals surface area contributed by atoms with Gasteiger partial charge in [0.15, 0.2) is 0 Å². The third-order valence-corrected chi connectivity index (χ3v) is 3.39. The number of rotatable bonds is 7. The number of benzene rings is 1. The summed E-state index contributed by atoms with van der Waals surface area (Å²) in [7, 11) is 0. The third kappa shape index (κ3) is 3.78. The summed E-state index contributed by atoms with van der Waals surface area (Å²) in [6.07, 6.45) is -1.05. The zero-order valence-electron chi connectivity index (χ0n) is 11.4. The fourth-order valence-corrected chi connectivity index (χ4v) is 2.40. The van der Waals surface area contributed by atoms with Crippen LogP contribution in [0.5, 0.6) is 0 Å². The molecule has 1 aliphatic rings. The number of amides is 1. The Labute approximate surface area is 121 Å². The molecule has 5 N–H and O–H groups in total. The number of carbonyl (C=O) groups excluding carboxylic acids is 1. The van der Waals surface area contributed by atoms with Crippen LogP contribution in [0.2, 0.25) is 0 Å². The standard InChI is InChI=1S/C14H18N2O5/c17-4-3-15-11(7-13(19)20)14(21)8-1-2-10-9(5-8)6-12(18)16-10/h1-2,5,11,14-15,17,21H,3-4,6-7H2,(H,16,18)(H,19,20). The second kappa shape index (κ2) is 6.66. The van der Waals surface area contributed by atoms with Gasteiger partial charge in [0.25, 0.3) is 0 Å². The number of carbonyl (C=O) groups is 2. The number of carboxylic acids is 1. The van der Waals surface area contributed by atoms with E-state index in [0.29, 0.717) is 11.3 Å². The zero-order chi connectivity index (χ0) is 15.4. The summed E-state index contributed by atoms with van der Waals surface area (Å²) in [5, 5.41) is 33.6. The lowest BCUT2D eigenvalue weighted by Gasteiger charge is -2.23. The van der Waals surface area contributed by atoms with E-state index < -0.39 is 18.1 Å². The van der Waals surface area contributed by atoms with Crippen molar-refractivity contribution in [2.45, 2.75) is 25.0 Å². The Balaban J connectivity index is 2.16. The first-order chi connectivity index (χ1) is 10.0. The van der Waals surface area contributed by atoms with E-state index in [1.165, 1.54) is 0 Å². The van der Waals surface area contributed by atoms with Crippen LogP contribution in [-0.2, 0) is 16.0 Å². The van der Waals surface area contributed by atoms with Crippen LogP contribution in [0.25, 0.3) is 0 Å². The molecule has 0 saturated heterocycles. The second-order valence-electron chi connectivity index (χ2n) is 4.97. The van der Waals surface area contributed by atoms with Gasteiger partial charge in [0.2, 0.25) is 5.91 Å². The van der Waals surface area contributed by atoms with Crippen molar-refractivity contribution in [3.63, 3.8) is 0 Å². The Hall–Kier alpha value is -1.96. The van der Waals surface area contributed by atoms with Crippen molar-refractivity contribution in [1.29, 1.82) is 0 Å². The predicted octanol–water partition coefficient (Wildman–Crippen LogP) is -0.360. The summed E-state index contributed by atoms with van der Waals surface area (Å²) in [4.78, 5) is 22.2. The number of nitrogens with one attached hydrogen (secondary N) is 2. The molecule has 0 bridgehead atoms. The van der Waals surface area contributed by atoms with Gasteiger partial charge in [-0.2, -0.15) is 0 Å². The van der Waals surface area contributed by atoms with Crippen molar-refractivity contribution in [3.8, 4) is 0 Å². The van der Waals surface area contributed by atoms with Crippen molar-refractivity contribution in [2.24, 2.45) is 0 Å². The highest BCUT2D eigenvalue weighted by molar-refractivity contribution is 5.99. The molecule has 1 aromatic carbocycles. The second-order valence-corrected chi connectivity index (χ2v) is 4.97. The minimum absolute atomic E-state index is 0.0999. The van der Waals surface area contributed by atoms with Crippen molar-refractivity contribution < 1.29 is 24.9 Å². The quantitative estimate of drug-likeness (QED) is 0.468. The van der Waals surface area contributed by atoms with Gasteiger partial charge >= 0.3 is 5.97 Å². The van der Waals surface area contributed by atoms with Crippen molar-refractivity contribution in [1.82, 2.24) is 5.32 Å². The summed E-state index contributed by atoms with van der Waals surface area (Å²) < 4.78 is 0. The molecular weight excluding hydrogens is 276 g/mol. The van der Waals surface area contributed by atoms with E-state index in [-0.39, 0.29) is 31.9 Å². The molecule has 2 unspecified atom stereocenters. The van der Waals surface area contributed by atoms with Gasteiger partial charge in [0, 0.05) is 18.3 Å². The van der Waals surface area contributed by atoms with E-state index in [1.807, 2.05) is 0 Å². The fraction of sp³-hybridized carbons (Fsp3) is 0.429. The van der Waals surface area contributed by atoms with Gasteiger partial charge in [-0.3, -0.25) is 9.59 Å². The largest absolute Gasteiger partial charge is 0.481 e. The van der Waals surface area contributed by atoms with Gasteiger partial charge in [-0.25, -0.2) is 0 Å². The summed E-state index contributed by atoms with van der Waals surface area (Å²) in [6.45, 7) is 0.0471. The van der Waals surface area contributed by atoms with Gasteiger partial charge in [-0.1, -0.05) is 12.1 Å². The van der Waals surface area contributed by atoms with Crippen molar-refractivity contribution in [3.05, 3.63) is 29.3 Å². The van der Waals surface area contributed by atoms with Gasteiger partial charge in [-0.05, 0) is 17.2 Å². The first kappa shape index (κ1) is 15.4. The number of aliphatic carboxylic acids is 1. The lowest BCUT2D eigenvalue weighted by atomic mass is 9.97. The molecule has 114 valence electrons. The van der Waals surface area contributed by atoms with Crippen LogP contribution in [0.15, 0.2) is 18.2 Å². The number of fused-ring (bicyclic) bond motifs is 1. The lowest BCUT2D eigenvalue weighted by Crippen LogP contribution is -2.38. The molecular formula is C14H18N2O5. The molecule has 0 saturated carbocycles. The van der Waals surface area contributed by atoms with Crippen LogP contribution >= 0.6 is 0 Å². The number of anilines is 1. The summed E-state index contributed by atoms with van der Waals surface area (Å²) in [5.74, 6) is -1.14. The highest BCUT2D eigenvalue weighted by Crippen LogP contribution is 2.28. The molecule has 0 spiro atoms. The van der Waals surface area contributed by atoms with E-state index in [4.69, 9.17) is 10.2 Å². The molecule has 0 radical (unpaired) electrons. The van der Waals surface area contributed by atoms with Gasteiger partial charge in [-0.15, -0.1) is 0 Å². The average molecular weight is 294 g/mol. The maximum absolute atomic E-state index is 11.3. The SMILES string of the molecule is O=C(O)CC(NCCO)C(O)c1ccc2c(c1)CC(=O)N2. The summed E-state index contributed by atoms with van der Waals surface area (Å²) >= 11 is 0. The van der Waals surface area contributed by atoms with Crippen LogP contribution < -0.4 is 10.6 Å². The molecule has 1 aliphatic heterocycles. The van der Waals surface area contributed by atoms with E-state index >= 15 is 0 Å². The van der Waals surface area contributed by atoms with E-state index in [2.05, 4.69) is 10.6 Å². The number of carboxylic acid groups (broad SMARTS) is 1. The first-order valence-electron chi connectivity index (χ1n) is 6.68. The topological polar surface area (TPSA) is 119 Å². The molecule has 0 aromatic heterocycles. The molecule has 0 fully saturated rings. The third-order valence-electron chi connectivity index (χ3n) is 3.39. The van der Waals surface area contributed by atoms with Gasteiger partial charge < -0.3 is 26.0 Å². The molecule has 1 aromatic rings. The molecule has 2 atom stereocenters. The number of aliphatic hydroxyl groups excluding tert-OH is 2. The predicted molar refractivity (Wildman–Crippen MR) is 74.9 cm³/mol. The number of aliphatic hydroxyl groups is 2. The summed E-state index contributed by atoms with van der Waals surface area (Å²) in [5.41, 5.74) is 2.05. The molecule has 0 aliphatic carbocycles. The highest BCUT2D eigenvalue weighted by Gasteiger charge is 2.25. The van der Waals surface area contributed by atoms with Crippen LogP contribution in [0.1, 0.15) is 23.7 Å². The summed E-state index contributed by atoms with van der Waals surface area (Å²) in [6, 6.07) is 4.35. The minimum atomic E-state index is -1.04. The molecule has 7 heteroatoms. The van der Waals surface area contributed by atoms with Gasteiger partial charge in [0.1, 0.15) is 0 Å². The molecule has 21 heavy (non-hydrogen) atoms. The van der Waals surface area contributed by atoms with Crippen LogP contribution in [0, 0.1) is 0 Å². The smallest absolute Gasteiger partial charge is 0.305 e. The van der Waals surface area contributed by atoms with Crippen molar-refractivity contribution in [2.75, 3.05) is 18.5 Å². The van der Waals surface area contributed by atoms with E-state index in [0.717, 1.165) is 5.56 Å². The zero-order valence-corrected chi connectivity index (χ0v) is 11.4. The Morgan fingerprint density at radius 3 is 2.86 bits per heavy atom. The Morgan fingerprint density at radius 2 is 2.19 bits per heavy atom. The molecule has 7 nitrogen and oxygen atoms in total. The van der Waals surface area contributed by atoms with Crippen LogP contribution in [0.4, 0.5) is 5.69 Å². The highest BCUT2D eigenvalue weighted by atomic mass is 16.4. The number of hydrogen-bond acceptors (Lipinski definition) is 5. The van der Waals surface area contributed by atoms with Crippen LogP contribution in [0.3, 0.4) is 0 Å². The van der Waals surface area contributed by atoms with Crippen molar-refractivity contribution >= 4 is 17.6 Å². The lowest BCUT2D eigenvalue weighted by molar-refractivity contribution is -0.138. The van der Waals surface area contributed by atoms with E-state index in [1.54, 1.807) is 18.2 Å². The van der Waals surface area contributed by atoms with E-state index in [9.17, 15) is 14.7 Å². The Kier molecular flexibility index (Phi) is 4.89. The molecule has 1 amide bonds. The Morgan fingerprint density at radius 1 is 1.43 bits per heavy atom. The molecule has 2 rings (SSSR count). The normalized spacial score (nSPS) is 16.2. The maximum Gasteiger partial charge on any atom is 0.305 e. The monoisotopic (exact) mass is 294 g/mol. The Bertz CT molecular complexity index is 546. The average Bonchev–Trinajstić information content (AvgIpc) is 2.81. The number of hydrogen-bond donors (Lipinski definition) is 5. The molecule has 1 heterocycles. The van der Waals surface area contributed by atoms with Gasteiger partial charge in [0.05, 0.1) is 25.6 Å². The maximum atomic E-state index is 11.3. The van der Waals surface area contributed by atoms with Crippen LogP contribution in [-0.4, -0.2) is 46.4 Å². The fourth-order valence-electron chi connectivity index (χ4n) is 2.40. The first-order valence-corrected chi connectivity index (χ1v) is 6.68.